The predicted octanol–water partition coefficient (Wildman–Crippen LogP) is 6.02. The number of allylic oxidation sites excluding steroid dienone is 7. The number of thiazole rings is 1. The smallest absolute Gasteiger partial charge is 0.117 e. The quantitative estimate of drug-likeness (QED) is 0.675. The van der Waals surface area contributed by atoms with Crippen molar-refractivity contribution in [3.8, 4) is 0 Å². The Morgan fingerprint density at radius 2 is 1.91 bits per heavy atom. The van der Waals surface area contributed by atoms with Crippen LogP contribution in [-0.2, 0) is 0 Å². The molecule has 0 fully saturated rings. The van der Waals surface area contributed by atoms with Gasteiger partial charge in [-0.2, -0.15) is 0 Å². The van der Waals surface area contributed by atoms with Crippen molar-refractivity contribution in [2.24, 2.45) is 11.8 Å². The molecule has 1 aromatic carbocycles. The second-order valence-corrected chi connectivity index (χ2v) is 7.10. The van der Waals surface area contributed by atoms with Gasteiger partial charge in [0.1, 0.15) is 5.01 Å². The maximum atomic E-state index is 4.65. The average molecular weight is 307 g/mol. The van der Waals surface area contributed by atoms with Gasteiger partial charge in [0.25, 0.3) is 0 Å². The van der Waals surface area contributed by atoms with Gasteiger partial charge in [0.05, 0.1) is 10.2 Å². The van der Waals surface area contributed by atoms with Crippen molar-refractivity contribution in [1.82, 2.24) is 4.98 Å². The summed E-state index contributed by atoms with van der Waals surface area (Å²) < 4.78 is 1.24. The van der Waals surface area contributed by atoms with Crippen LogP contribution in [0.5, 0.6) is 0 Å². The average Bonchev–Trinajstić information content (AvgIpc) is 2.81. The molecule has 1 aliphatic rings. The van der Waals surface area contributed by atoms with Crippen LogP contribution in [0.15, 0.2) is 65.8 Å². The molecule has 1 atom stereocenters. The highest BCUT2D eigenvalue weighted by Crippen LogP contribution is 2.24. The minimum atomic E-state index is 0.461. The van der Waals surface area contributed by atoms with Gasteiger partial charge in [-0.25, -0.2) is 4.98 Å². The molecular weight excluding hydrogens is 286 g/mol. The summed E-state index contributed by atoms with van der Waals surface area (Å²) in [6.45, 7) is 6.72. The molecule has 0 radical (unpaired) electrons. The lowest BCUT2D eigenvalue weighted by atomic mass is 9.99. The van der Waals surface area contributed by atoms with Gasteiger partial charge < -0.3 is 0 Å². The largest absolute Gasteiger partial charge is 0.237 e. The van der Waals surface area contributed by atoms with Crippen LogP contribution >= 0.6 is 11.3 Å². The Kier molecular flexibility index (Phi) is 4.39. The Balaban J connectivity index is 1.82. The number of aromatic nitrogens is 1. The van der Waals surface area contributed by atoms with Gasteiger partial charge in [0.15, 0.2) is 0 Å². The van der Waals surface area contributed by atoms with Crippen molar-refractivity contribution in [2.45, 2.75) is 20.8 Å². The van der Waals surface area contributed by atoms with E-state index in [1.54, 1.807) is 11.3 Å². The third kappa shape index (κ3) is 3.45. The minimum absolute atomic E-state index is 0.461. The minimum Gasteiger partial charge on any atom is -0.237 e. The number of hydrogen-bond donors (Lipinski definition) is 0. The summed E-state index contributed by atoms with van der Waals surface area (Å²) in [6, 6.07) is 8.28. The Labute approximate surface area is 136 Å². The number of nitrogens with zero attached hydrogens (tertiary/aromatic N) is 1. The summed E-state index contributed by atoms with van der Waals surface area (Å²) in [5.41, 5.74) is 3.74. The highest BCUT2D eigenvalue weighted by molar-refractivity contribution is 7.19. The maximum absolute atomic E-state index is 4.65. The molecule has 1 nitrogen and oxygen atoms in total. The van der Waals surface area contributed by atoms with E-state index in [2.05, 4.69) is 80.4 Å². The van der Waals surface area contributed by atoms with Crippen molar-refractivity contribution in [3.05, 3.63) is 70.8 Å². The molecule has 3 rings (SSSR count). The number of para-hydroxylation sites is 1. The van der Waals surface area contributed by atoms with Crippen molar-refractivity contribution in [3.63, 3.8) is 0 Å². The Morgan fingerprint density at radius 1 is 1.09 bits per heavy atom. The molecule has 1 aromatic heterocycles. The summed E-state index contributed by atoms with van der Waals surface area (Å²) in [6.07, 6.45) is 13.4. The molecule has 0 saturated heterocycles. The molecule has 1 heterocycles. The Hall–Kier alpha value is -1.93. The van der Waals surface area contributed by atoms with E-state index in [0.717, 1.165) is 10.5 Å². The number of benzene rings is 1. The van der Waals surface area contributed by atoms with Crippen LogP contribution in [0.2, 0.25) is 0 Å². The van der Waals surface area contributed by atoms with Gasteiger partial charge >= 0.3 is 0 Å². The molecule has 0 saturated carbocycles. The second-order valence-electron chi connectivity index (χ2n) is 6.03. The summed E-state index contributed by atoms with van der Waals surface area (Å²) in [4.78, 5) is 4.65. The molecule has 22 heavy (non-hydrogen) atoms. The highest BCUT2D eigenvalue weighted by Gasteiger charge is 2.06. The van der Waals surface area contributed by atoms with Crippen LogP contribution < -0.4 is 0 Å². The van der Waals surface area contributed by atoms with Crippen LogP contribution in [0.1, 0.15) is 25.8 Å². The molecule has 0 aliphatic heterocycles. The lowest BCUT2D eigenvalue weighted by Crippen LogP contribution is -1.92. The van der Waals surface area contributed by atoms with Gasteiger partial charge in [-0.1, -0.05) is 63.3 Å². The Bertz CT molecular complexity index is 754. The second kappa shape index (κ2) is 6.45. The summed E-state index contributed by atoms with van der Waals surface area (Å²) >= 11 is 1.74. The van der Waals surface area contributed by atoms with Crippen LogP contribution in [-0.4, -0.2) is 4.98 Å². The normalized spacial score (nSPS) is 18.8. The van der Waals surface area contributed by atoms with Crippen molar-refractivity contribution < 1.29 is 0 Å². The van der Waals surface area contributed by atoms with E-state index in [4.69, 9.17) is 0 Å². The standard InChI is InChI=1S/C20H21NS/c1-14(2)17-10-8-16(12-15(3)13-17)9-11-20-21-18-6-4-5-7-19(18)22-20/h4-15H,1-3H3/b11-9+. The SMILES string of the molecule is CC1C=C(/C=C/c2nc3ccccc3s2)C=CC(C(C)C)=C1. The molecular formula is C20H21NS. The number of hydrogen-bond acceptors (Lipinski definition) is 2. The first-order chi connectivity index (χ1) is 10.6. The molecule has 1 unspecified atom stereocenters. The number of rotatable bonds is 3. The molecule has 0 spiro atoms. The summed E-state index contributed by atoms with van der Waals surface area (Å²) in [5, 5.41) is 1.06. The van der Waals surface area contributed by atoms with Crippen LogP contribution in [0.3, 0.4) is 0 Å². The molecule has 112 valence electrons. The third-order valence-corrected chi connectivity index (χ3v) is 4.78. The van der Waals surface area contributed by atoms with E-state index in [9.17, 15) is 0 Å². The first-order valence-electron chi connectivity index (χ1n) is 7.77. The third-order valence-electron chi connectivity index (χ3n) is 3.77. The lowest BCUT2D eigenvalue weighted by molar-refractivity contribution is 0.773. The summed E-state index contributed by atoms with van der Waals surface area (Å²) in [7, 11) is 0. The fraction of sp³-hybridized carbons (Fsp3) is 0.250. The van der Waals surface area contributed by atoms with Crippen LogP contribution in [0.4, 0.5) is 0 Å². The Morgan fingerprint density at radius 3 is 2.68 bits per heavy atom. The van der Waals surface area contributed by atoms with Crippen molar-refractivity contribution in [2.75, 3.05) is 0 Å². The lowest BCUT2D eigenvalue weighted by Gasteiger charge is -2.06. The fourth-order valence-corrected chi connectivity index (χ4v) is 3.45. The summed E-state index contributed by atoms with van der Waals surface area (Å²) in [5.74, 6) is 1.03. The maximum Gasteiger partial charge on any atom is 0.117 e. The van der Waals surface area contributed by atoms with Gasteiger partial charge in [-0.3, -0.25) is 0 Å². The highest BCUT2D eigenvalue weighted by atomic mass is 32.1. The van der Waals surface area contributed by atoms with Gasteiger partial charge in [0.2, 0.25) is 0 Å². The van der Waals surface area contributed by atoms with Gasteiger partial charge in [-0.05, 0) is 41.2 Å². The first-order valence-corrected chi connectivity index (χ1v) is 8.59. The topological polar surface area (TPSA) is 12.9 Å². The van der Waals surface area contributed by atoms with E-state index < -0.39 is 0 Å². The van der Waals surface area contributed by atoms with Crippen LogP contribution in [0.25, 0.3) is 16.3 Å². The van der Waals surface area contributed by atoms with Gasteiger partial charge in [-0.15, -0.1) is 11.3 Å². The number of fused-ring (bicyclic) bond motifs is 1. The van der Waals surface area contributed by atoms with E-state index in [-0.39, 0.29) is 0 Å². The molecule has 2 aromatic rings. The molecule has 0 amide bonds. The predicted molar refractivity (Wildman–Crippen MR) is 98.0 cm³/mol. The zero-order valence-electron chi connectivity index (χ0n) is 13.3. The molecule has 1 aliphatic carbocycles. The van der Waals surface area contributed by atoms with E-state index in [1.165, 1.54) is 15.8 Å². The van der Waals surface area contributed by atoms with Crippen LogP contribution in [0, 0.1) is 11.8 Å². The van der Waals surface area contributed by atoms with E-state index in [1.807, 2.05) is 6.07 Å². The monoisotopic (exact) mass is 307 g/mol. The molecule has 0 N–H and O–H groups in total. The fourth-order valence-electron chi connectivity index (χ4n) is 2.58. The first kappa shape index (κ1) is 15.0. The molecule has 2 heteroatoms. The zero-order valence-corrected chi connectivity index (χ0v) is 14.1. The van der Waals surface area contributed by atoms with E-state index >= 15 is 0 Å². The van der Waals surface area contributed by atoms with E-state index in [0.29, 0.717) is 11.8 Å². The van der Waals surface area contributed by atoms with Crippen molar-refractivity contribution >= 4 is 27.6 Å². The van der Waals surface area contributed by atoms with Crippen molar-refractivity contribution in [1.29, 1.82) is 0 Å². The van der Waals surface area contributed by atoms with Gasteiger partial charge in [0, 0.05) is 0 Å². The molecule has 0 bridgehead atoms. The zero-order chi connectivity index (χ0) is 15.5.